The van der Waals surface area contributed by atoms with Crippen molar-refractivity contribution in [3.63, 3.8) is 0 Å². The average Bonchev–Trinajstić information content (AvgIpc) is 2.23. The lowest BCUT2D eigenvalue weighted by molar-refractivity contribution is -0.131. The molecular weight excluding hydrogens is 164 g/mol. The monoisotopic (exact) mass is 186 g/mol. The molecule has 1 saturated heterocycles. The number of rotatable bonds is 2. The first kappa shape index (κ1) is 12.4. The van der Waals surface area contributed by atoms with Crippen molar-refractivity contribution in [1.82, 2.24) is 10.2 Å². The molecule has 0 atom stereocenters. The summed E-state index contributed by atoms with van der Waals surface area (Å²) in [6.45, 7) is 6.40. The van der Waals surface area contributed by atoms with Crippen LogP contribution >= 0.6 is 0 Å². The van der Waals surface area contributed by atoms with E-state index in [2.05, 4.69) is 5.32 Å². The molecule has 3 heteroatoms. The van der Waals surface area contributed by atoms with Crippen molar-refractivity contribution in [3.8, 4) is 0 Å². The van der Waals surface area contributed by atoms with E-state index in [4.69, 9.17) is 0 Å². The number of likely N-dealkylation sites (tertiary alicyclic amines) is 1. The maximum atomic E-state index is 11.3. The van der Waals surface area contributed by atoms with Gasteiger partial charge in [0.25, 0.3) is 0 Å². The second-order valence-electron chi connectivity index (χ2n) is 2.97. The van der Waals surface area contributed by atoms with Crippen molar-refractivity contribution in [3.05, 3.63) is 0 Å². The molecule has 0 spiro atoms. The molecule has 1 aliphatic rings. The number of carbonyl (C=O) groups is 1. The fraction of sp³-hybridized carbons (Fsp3) is 0.900. The highest BCUT2D eigenvalue weighted by Gasteiger charge is 2.14. The molecule has 1 amide bonds. The Balaban J connectivity index is 0.000000671. The third-order valence-electron chi connectivity index (χ3n) is 2.04. The number of hydrogen-bond acceptors (Lipinski definition) is 2. The van der Waals surface area contributed by atoms with Gasteiger partial charge in [0.2, 0.25) is 5.91 Å². The predicted molar refractivity (Wildman–Crippen MR) is 55.7 cm³/mol. The van der Waals surface area contributed by atoms with Crippen LogP contribution in [0, 0.1) is 0 Å². The molecule has 0 bridgehead atoms. The molecule has 1 aliphatic heterocycles. The van der Waals surface area contributed by atoms with E-state index in [-0.39, 0.29) is 5.91 Å². The molecule has 0 aliphatic carbocycles. The molecule has 0 aromatic heterocycles. The maximum Gasteiger partial charge on any atom is 0.236 e. The van der Waals surface area contributed by atoms with E-state index >= 15 is 0 Å². The molecular formula is C10H22N2O. The minimum absolute atomic E-state index is 0.243. The van der Waals surface area contributed by atoms with Gasteiger partial charge in [0.1, 0.15) is 0 Å². The summed E-state index contributed by atoms with van der Waals surface area (Å²) in [6, 6.07) is 0. The van der Waals surface area contributed by atoms with Crippen molar-refractivity contribution in [2.45, 2.75) is 33.1 Å². The first-order valence-electron chi connectivity index (χ1n) is 5.27. The van der Waals surface area contributed by atoms with Gasteiger partial charge >= 0.3 is 0 Å². The van der Waals surface area contributed by atoms with Crippen LogP contribution in [0.3, 0.4) is 0 Å². The van der Waals surface area contributed by atoms with E-state index < -0.39 is 0 Å². The van der Waals surface area contributed by atoms with E-state index in [9.17, 15) is 4.79 Å². The normalized spacial score (nSPS) is 16.1. The van der Waals surface area contributed by atoms with Crippen LogP contribution in [-0.4, -0.2) is 37.5 Å². The van der Waals surface area contributed by atoms with E-state index in [1.807, 2.05) is 25.8 Å². The molecule has 0 saturated carbocycles. The lowest BCUT2D eigenvalue weighted by Crippen LogP contribution is -2.40. The molecule has 78 valence electrons. The van der Waals surface area contributed by atoms with Crippen LogP contribution in [0.4, 0.5) is 0 Å². The molecule has 1 fully saturated rings. The van der Waals surface area contributed by atoms with Crippen molar-refractivity contribution in [2.24, 2.45) is 0 Å². The van der Waals surface area contributed by atoms with Crippen molar-refractivity contribution in [2.75, 3.05) is 26.7 Å². The van der Waals surface area contributed by atoms with Gasteiger partial charge in [-0.05, 0) is 26.3 Å². The van der Waals surface area contributed by atoms with Gasteiger partial charge in [0.15, 0.2) is 0 Å². The van der Waals surface area contributed by atoms with Crippen molar-refractivity contribution >= 4 is 5.91 Å². The Bertz CT molecular complexity index is 131. The van der Waals surface area contributed by atoms with Gasteiger partial charge in [-0.15, -0.1) is 0 Å². The summed E-state index contributed by atoms with van der Waals surface area (Å²) in [7, 11) is 1.81. The Kier molecular flexibility index (Phi) is 7.69. The van der Waals surface area contributed by atoms with Gasteiger partial charge in [0, 0.05) is 13.1 Å². The van der Waals surface area contributed by atoms with Gasteiger partial charge in [-0.3, -0.25) is 4.79 Å². The van der Waals surface area contributed by atoms with Gasteiger partial charge in [-0.2, -0.15) is 0 Å². The van der Waals surface area contributed by atoms with Crippen molar-refractivity contribution < 1.29 is 4.79 Å². The summed E-state index contributed by atoms with van der Waals surface area (Å²) in [5.74, 6) is 0.243. The number of piperidine rings is 1. The summed E-state index contributed by atoms with van der Waals surface area (Å²) in [5, 5.41) is 2.87. The third kappa shape index (κ3) is 4.88. The summed E-state index contributed by atoms with van der Waals surface area (Å²) in [4.78, 5) is 13.2. The summed E-state index contributed by atoms with van der Waals surface area (Å²) >= 11 is 0. The number of carbonyl (C=O) groups excluding carboxylic acids is 1. The van der Waals surface area contributed by atoms with Gasteiger partial charge in [0.05, 0.1) is 6.54 Å². The topological polar surface area (TPSA) is 32.3 Å². The van der Waals surface area contributed by atoms with E-state index in [0.29, 0.717) is 6.54 Å². The first-order valence-corrected chi connectivity index (χ1v) is 5.27. The largest absolute Gasteiger partial charge is 0.342 e. The highest BCUT2D eigenvalue weighted by molar-refractivity contribution is 5.78. The number of hydrogen-bond donors (Lipinski definition) is 1. The summed E-state index contributed by atoms with van der Waals surface area (Å²) in [6.07, 6.45) is 3.63. The molecule has 1 rings (SSSR count). The standard InChI is InChI=1S/C8H16N2O.C2H6/c1-9-7-8(11)10-5-3-2-4-6-10;1-2/h9H,2-7H2,1H3;1-2H3. The smallest absolute Gasteiger partial charge is 0.236 e. The Morgan fingerprint density at radius 2 is 1.77 bits per heavy atom. The molecule has 13 heavy (non-hydrogen) atoms. The Morgan fingerprint density at radius 3 is 2.23 bits per heavy atom. The Morgan fingerprint density at radius 1 is 1.23 bits per heavy atom. The fourth-order valence-corrected chi connectivity index (χ4v) is 1.41. The Labute approximate surface area is 81.5 Å². The van der Waals surface area contributed by atoms with Crippen LogP contribution in [0.25, 0.3) is 0 Å². The summed E-state index contributed by atoms with van der Waals surface area (Å²) < 4.78 is 0. The molecule has 0 radical (unpaired) electrons. The minimum atomic E-state index is 0.243. The zero-order valence-electron chi connectivity index (χ0n) is 9.10. The number of likely N-dealkylation sites (N-methyl/N-ethyl adjacent to an activating group) is 1. The second-order valence-corrected chi connectivity index (χ2v) is 2.97. The van der Waals surface area contributed by atoms with Crippen LogP contribution in [-0.2, 0) is 4.79 Å². The minimum Gasteiger partial charge on any atom is -0.342 e. The average molecular weight is 186 g/mol. The van der Waals surface area contributed by atoms with Gasteiger partial charge in [-0.1, -0.05) is 13.8 Å². The van der Waals surface area contributed by atoms with E-state index in [0.717, 1.165) is 13.1 Å². The van der Waals surface area contributed by atoms with E-state index in [1.165, 1.54) is 19.3 Å². The molecule has 0 aromatic rings. The van der Waals surface area contributed by atoms with Crippen LogP contribution in [0.1, 0.15) is 33.1 Å². The highest BCUT2D eigenvalue weighted by Crippen LogP contribution is 2.07. The molecule has 1 heterocycles. The number of nitrogens with zero attached hydrogens (tertiary/aromatic N) is 1. The molecule has 0 unspecified atom stereocenters. The maximum absolute atomic E-state index is 11.3. The number of nitrogens with one attached hydrogen (secondary N) is 1. The quantitative estimate of drug-likeness (QED) is 0.704. The SMILES string of the molecule is CC.CNCC(=O)N1CCCCC1. The predicted octanol–water partition coefficient (Wildman–Crippen LogP) is 1.24. The fourth-order valence-electron chi connectivity index (χ4n) is 1.41. The Hall–Kier alpha value is -0.570. The second kappa shape index (κ2) is 8.05. The first-order chi connectivity index (χ1) is 6.34. The highest BCUT2D eigenvalue weighted by atomic mass is 16.2. The lowest BCUT2D eigenvalue weighted by Gasteiger charge is -2.26. The van der Waals surface area contributed by atoms with Gasteiger partial charge in [-0.25, -0.2) is 0 Å². The van der Waals surface area contributed by atoms with Crippen molar-refractivity contribution in [1.29, 1.82) is 0 Å². The number of amides is 1. The molecule has 1 N–H and O–H groups in total. The van der Waals surface area contributed by atoms with Gasteiger partial charge < -0.3 is 10.2 Å². The van der Waals surface area contributed by atoms with Crippen LogP contribution < -0.4 is 5.32 Å². The lowest BCUT2D eigenvalue weighted by atomic mass is 10.1. The summed E-state index contributed by atoms with van der Waals surface area (Å²) in [5.41, 5.74) is 0. The molecule has 0 aromatic carbocycles. The third-order valence-corrected chi connectivity index (χ3v) is 2.04. The molecule has 3 nitrogen and oxygen atoms in total. The van der Waals surface area contributed by atoms with E-state index in [1.54, 1.807) is 0 Å². The van der Waals surface area contributed by atoms with Crippen LogP contribution in [0.15, 0.2) is 0 Å². The van der Waals surface area contributed by atoms with Crippen LogP contribution in [0.5, 0.6) is 0 Å². The van der Waals surface area contributed by atoms with Crippen LogP contribution in [0.2, 0.25) is 0 Å². The zero-order valence-corrected chi connectivity index (χ0v) is 9.10. The zero-order chi connectivity index (χ0) is 10.1.